The van der Waals surface area contributed by atoms with Crippen LogP contribution in [-0.2, 0) is 21.4 Å². The van der Waals surface area contributed by atoms with Crippen molar-refractivity contribution in [2.75, 3.05) is 19.3 Å². The fraction of sp³-hybridized carbons (Fsp3) is 0.643. The summed E-state index contributed by atoms with van der Waals surface area (Å²) < 4.78 is 29.8. The van der Waals surface area contributed by atoms with Crippen molar-refractivity contribution in [1.29, 1.82) is 0 Å². The Kier molecular flexibility index (Phi) is 7.45. The van der Waals surface area contributed by atoms with E-state index in [9.17, 15) is 13.2 Å². The second kappa shape index (κ2) is 8.84. The van der Waals surface area contributed by atoms with Gasteiger partial charge in [0.15, 0.2) is 0 Å². The highest BCUT2D eigenvalue weighted by Gasteiger charge is 2.19. The molecule has 0 saturated heterocycles. The summed E-state index contributed by atoms with van der Waals surface area (Å²) in [5.41, 5.74) is 0. The van der Waals surface area contributed by atoms with Gasteiger partial charge in [-0.3, -0.25) is 4.79 Å². The molecule has 0 unspecified atom stereocenters. The molecule has 1 amide bonds. The average molecular weight is 316 g/mol. The van der Waals surface area contributed by atoms with Crippen molar-refractivity contribution in [3.8, 4) is 0 Å². The van der Waals surface area contributed by atoms with Crippen LogP contribution in [0.3, 0.4) is 0 Å². The molecule has 21 heavy (non-hydrogen) atoms. The number of hydrogen-bond donors (Lipinski definition) is 1. The van der Waals surface area contributed by atoms with Gasteiger partial charge in [0.25, 0.3) is 0 Å². The van der Waals surface area contributed by atoms with Crippen molar-refractivity contribution in [2.45, 2.75) is 39.2 Å². The fourth-order valence-electron chi connectivity index (χ4n) is 1.86. The predicted octanol–water partition coefficient (Wildman–Crippen LogP) is 1.74. The standard InChI is InChI=1S/C14H24N2O4S/c1-3-4-5-9-15-14(17)8-10-16(21(2,18)19)12-13-7-6-11-20-13/h6-7,11H,3-5,8-10,12H2,1-2H3,(H,15,17). The lowest BCUT2D eigenvalue weighted by atomic mass is 10.2. The van der Waals surface area contributed by atoms with E-state index in [0.29, 0.717) is 12.3 Å². The van der Waals surface area contributed by atoms with E-state index in [0.717, 1.165) is 25.5 Å². The SMILES string of the molecule is CCCCCNC(=O)CCN(Cc1ccco1)S(C)(=O)=O. The van der Waals surface area contributed by atoms with Crippen LogP contribution >= 0.6 is 0 Å². The Balaban J connectivity index is 2.41. The molecule has 120 valence electrons. The highest BCUT2D eigenvalue weighted by atomic mass is 32.2. The van der Waals surface area contributed by atoms with Crippen LogP contribution in [0, 0.1) is 0 Å². The zero-order valence-electron chi connectivity index (χ0n) is 12.7. The van der Waals surface area contributed by atoms with E-state index in [1.807, 2.05) is 0 Å². The van der Waals surface area contributed by atoms with Crippen LogP contribution in [0.15, 0.2) is 22.8 Å². The van der Waals surface area contributed by atoms with Gasteiger partial charge in [0, 0.05) is 19.5 Å². The summed E-state index contributed by atoms with van der Waals surface area (Å²) in [7, 11) is -3.37. The molecular formula is C14H24N2O4S. The Morgan fingerprint density at radius 3 is 2.71 bits per heavy atom. The molecule has 0 aliphatic carbocycles. The molecular weight excluding hydrogens is 292 g/mol. The summed E-state index contributed by atoms with van der Waals surface area (Å²) >= 11 is 0. The topological polar surface area (TPSA) is 79.6 Å². The number of sulfonamides is 1. The Hall–Kier alpha value is -1.34. The smallest absolute Gasteiger partial charge is 0.221 e. The molecule has 0 fully saturated rings. The fourth-order valence-corrected chi connectivity index (χ4v) is 2.64. The highest BCUT2D eigenvalue weighted by Crippen LogP contribution is 2.09. The second-order valence-electron chi connectivity index (χ2n) is 4.98. The first-order valence-corrected chi connectivity index (χ1v) is 9.02. The number of rotatable bonds is 10. The molecule has 7 heteroatoms. The zero-order chi connectivity index (χ0) is 15.7. The summed E-state index contributed by atoms with van der Waals surface area (Å²) in [4.78, 5) is 11.7. The largest absolute Gasteiger partial charge is 0.468 e. The van der Waals surface area contributed by atoms with E-state index < -0.39 is 10.0 Å². The first-order valence-electron chi connectivity index (χ1n) is 7.17. The first kappa shape index (κ1) is 17.7. The minimum atomic E-state index is -3.37. The van der Waals surface area contributed by atoms with Crippen LogP contribution in [0.5, 0.6) is 0 Å². The van der Waals surface area contributed by atoms with Crippen molar-refractivity contribution < 1.29 is 17.6 Å². The molecule has 0 aliphatic rings. The molecule has 0 aliphatic heterocycles. The van der Waals surface area contributed by atoms with Gasteiger partial charge in [-0.05, 0) is 18.6 Å². The third kappa shape index (κ3) is 7.29. The minimum absolute atomic E-state index is 0.126. The van der Waals surface area contributed by atoms with Crippen molar-refractivity contribution in [1.82, 2.24) is 9.62 Å². The van der Waals surface area contributed by atoms with E-state index in [2.05, 4.69) is 12.2 Å². The van der Waals surface area contributed by atoms with Crippen LogP contribution in [0.25, 0.3) is 0 Å². The monoisotopic (exact) mass is 316 g/mol. The Bertz CT molecular complexity index is 511. The van der Waals surface area contributed by atoms with Crippen LogP contribution in [0.1, 0.15) is 38.4 Å². The number of carbonyl (C=O) groups excluding carboxylic acids is 1. The van der Waals surface area contributed by atoms with Crippen molar-refractivity contribution in [3.05, 3.63) is 24.2 Å². The van der Waals surface area contributed by atoms with E-state index in [-0.39, 0.29) is 25.4 Å². The van der Waals surface area contributed by atoms with Crippen molar-refractivity contribution in [3.63, 3.8) is 0 Å². The Labute approximate surface area is 126 Å². The maximum Gasteiger partial charge on any atom is 0.221 e. The molecule has 1 N–H and O–H groups in total. The van der Waals surface area contributed by atoms with Crippen LogP contribution in [-0.4, -0.2) is 38.0 Å². The molecule has 0 atom stereocenters. The molecule has 1 aromatic heterocycles. The van der Waals surface area contributed by atoms with Gasteiger partial charge in [-0.1, -0.05) is 19.8 Å². The summed E-state index contributed by atoms with van der Waals surface area (Å²) in [6, 6.07) is 3.42. The van der Waals surface area contributed by atoms with Crippen LogP contribution < -0.4 is 5.32 Å². The number of nitrogens with one attached hydrogen (secondary N) is 1. The van der Waals surface area contributed by atoms with Crippen LogP contribution in [0.2, 0.25) is 0 Å². The third-order valence-corrected chi connectivity index (χ3v) is 4.32. The van der Waals surface area contributed by atoms with Gasteiger partial charge in [-0.25, -0.2) is 8.42 Å². The number of nitrogens with zero attached hydrogens (tertiary/aromatic N) is 1. The van der Waals surface area contributed by atoms with E-state index >= 15 is 0 Å². The zero-order valence-corrected chi connectivity index (χ0v) is 13.5. The normalized spacial score (nSPS) is 11.8. The summed E-state index contributed by atoms with van der Waals surface area (Å²) in [6.45, 7) is 3.04. The molecule has 0 radical (unpaired) electrons. The first-order chi connectivity index (χ1) is 9.93. The number of amides is 1. The summed E-state index contributed by atoms with van der Waals surface area (Å²) in [5.74, 6) is 0.433. The number of unbranched alkanes of at least 4 members (excludes halogenated alkanes) is 2. The van der Waals surface area contributed by atoms with E-state index in [1.54, 1.807) is 12.1 Å². The van der Waals surface area contributed by atoms with Gasteiger partial charge in [-0.15, -0.1) is 0 Å². The van der Waals surface area contributed by atoms with E-state index in [4.69, 9.17) is 4.42 Å². The second-order valence-corrected chi connectivity index (χ2v) is 6.97. The third-order valence-electron chi connectivity index (χ3n) is 3.07. The number of hydrogen-bond acceptors (Lipinski definition) is 4. The molecule has 0 aromatic carbocycles. The van der Waals surface area contributed by atoms with Crippen molar-refractivity contribution >= 4 is 15.9 Å². The summed E-state index contributed by atoms with van der Waals surface area (Å²) in [5, 5.41) is 2.80. The molecule has 1 rings (SSSR count). The van der Waals surface area contributed by atoms with Crippen molar-refractivity contribution in [2.24, 2.45) is 0 Å². The highest BCUT2D eigenvalue weighted by molar-refractivity contribution is 7.88. The molecule has 0 bridgehead atoms. The lowest BCUT2D eigenvalue weighted by Crippen LogP contribution is -2.34. The quantitative estimate of drug-likeness (QED) is 0.667. The maximum absolute atomic E-state index is 11.7. The molecule has 6 nitrogen and oxygen atoms in total. The van der Waals surface area contributed by atoms with Gasteiger partial charge >= 0.3 is 0 Å². The molecule has 1 heterocycles. The van der Waals surface area contributed by atoms with Gasteiger partial charge in [0.1, 0.15) is 5.76 Å². The van der Waals surface area contributed by atoms with Gasteiger partial charge in [0.05, 0.1) is 19.1 Å². The van der Waals surface area contributed by atoms with Gasteiger partial charge < -0.3 is 9.73 Å². The molecule has 1 aromatic rings. The maximum atomic E-state index is 11.7. The van der Waals surface area contributed by atoms with E-state index in [1.165, 1.54) is 10.6 Å². The molecule has 0 saturated carbocycles. The Morgan fingerprint density at radius 1 is 1.38 bits per heavy atom. The number of furan rings is 1. The predicted molar refractivity (Wildman–Crippen MR) is 81.1 cm³/mol. The number of carbonyl (C=O) groups is 1. The minimum Gasteiger partial charge on any atom is -0.468 e. The lowest BCUT2D eigenvalue weighted by Gasteiger charge is -2.18. The van der Waals surface area contributed by atoms with Gasteiger partial charge in [-0.2, -0.15) is 4.31 Å². The summed E-state index contributed by atoms with van der Waals surface area (Å²) in [6.07, 6.45) is 5.91. The van der Waals surface area contributed by atoms with Gasteiger partial charge in [0.2, 0.25) is 15.9 Å². The van der Waals surface area contributed by atoms with Crippen LogP contribution in [0.4, 0.5) is 0 Å². The Morgan fingerprint density at radius 2 is 2.14 bits per heavy atom. The average Bonchev–Trinajstić information content (AvgIpc) is 2.91. The molecule has 0 spiro atoms. The lowest BCUT2D eigenvalue weighted by molar-refractivity contribution is -0.121.